The Hall–Kier alpha value is -1.21. The molecule has 2 saturated heterocycles. The number of hydrogen-bond donors (Lipinski definition) is 0. The Morgan fingerprint density at radius 1 is 1.12 bits per heavy atom. The molecule has 0 saturated carbocycles. The van der Waals surface area contributed by atoms with Crippen LogP contribution in [0.2, 0.25) is 0 Å². The van der Waals surface area contributed by atoms with Crippen molar-refractivity contribution in [1.29, 1.82) is 0 Å². The number of carbonyl (C=O) groups excluding carboxylic acids is 1. The third kappa shape index (κ3) is 4.06. The van der Waals surface area contributed by atoms with Crippen molar-refractivity contribution in [3.8, 4) is 0 Å². The summed E-state index contributed by atoms with van der Waals surface area (Å²) in [5, 5.41) is 0. The van der Waals surface area contributed by atoms with Gasteiger partial charge in [-0.3, -0.25) is 4.79 Å². The van der Waals surface area contributed by atoms with Gasteiger partial charge in [0.25, 0.3) is 0 Å². The molecule has 2 aliphatic rings. The normalized spacial score (nSPS) is 22.5. The van der Waals surface area contributed by atoms with Gasteiger partial charge in [0, 0.05) is 49.6 Å². The van der Waals surface area contributed by atoms with Crippen molar-refractivity contribution in [2.45, 2.75) is 17.7 Å². The second-order valence-corrected chi connectivity index (χ2v) is 9.73. The molecule has 0 bridgehead atoms. The summed E-state index contributed by atoms with van der Waals surface area (Å²) in [5.41, 5.74) is 0.995. The van der Waals surface area contributed by atoms with Gasteiger partial charge in [-0.1, -0.05) is 0 Å². The van der Waals surface area contributed by atoms with Crippen molar-refractivity contribution in [2.24, 2.45) is 5.92 Å². The Bertz CT molecular complexity index is 682. The number of hydrogen-bond acceptors (Lipinski definition) is 5. The van der Waals surface area contributed by atoms with Gasteiger partial charge in [0.15, 0.2) is 9.84 Å². The summed E-state index contributed by atoms with van der Waals surface area (Å²) < 4.78 is 23.1. The highest BCUT2D eigenvalue weighted by Gasteiger charge is 2.30. The van der Waals surface area contributed by atoms with E-state index in [0.29, 0.717) is 4.90 Å². The Balaban J connectivity index is 1.67. The molecular weight excluding hydrogens is 344 g/mol. The van der Waals surface area contributed by atoms with Crippen LogP contribution in [0, 0.1) is 5.92 Å². The highest BCUT2D eigenvalue weighted by atomic mass is 32.2. The van der Waals surface area contributed by atoms with E-state index in [1.165, 1.54) is 6.26 Å². The summed E-state index contributed by atoms with van der Waals surface area (Å²) in [7, 11) is -3.17. The van der Waals surface area contributed by atoms with Gasteiger partial charge in [0.05, 0.1) is 10.8 Å². The van der Waals surface area contributed by atoms with Crippen LogP contribution in [-0.2, 0) is 14.6 Å². The molecule has 24 heavy (non-hydrogen) atoms. The largest absolute Gasteiger partial charge is 0.371 e. The van der Waals surface area contributed by atoms with E-state index in [4.69, 9.17) is 0 Å². The van der Waals surface area contributed by atoms with Crippen molar-refractivity contribution >= 4 is 33.2 Å². The molecule has 2 heterocycles. The molecule has 2 aliphatic heterocycles. The van der Waals surface area contributed by atoms with Crippen molar-refractivity contribution in [3.63, 3.8) is 0 Å². The first-order valence-corrected chi connectivity index (χ1v) is 11.4. The van der Waals surface area contributed by atoms with Crippen molar-refractivity contribution in [1.82, 2.24) is 4.90 Å². The van der Waals surface area contributed by atoms with Crippen LogP contribution in [0.1, 0.15) is 12.8 Å². The predicted molar refractivity (Wildman–Crippen MR) is 98.4 cm³/mol. The minimum atomic E-state index is -3.17. The first kappa shape index (κ1) is 17.6. The average molecular weight is 369 g/mol. The molecule has 0 N–H and O–H groups in total. The van der Waals surface area contributed by atoms with E-state index in [-0.39, 0.29) is 11.8 Å². The summed E-state index contributed by atoms with van der Waals surface area (Å²) in [6.45, 7) is 3.37. The predicted octanol–water partition coefficient (Wildman–Crippen LogP) is 1.88. The van der Waals surface area contributed by atoms with Gasteiger partial charge in [-0.2, -0.15) is 11.8 Å². The number of carbonyl (C=O) groups is 1. The maximum absolute atomic E-state index is 12.7. The Labute approximate surface area is 148 Å². The molecule has 0 aromatic heterocycles. The lowest BCUT2D eigenvalue weighted by Crippen LogP contribution is -2.47. The van der Waals surface area contributed by atoms with Crippen LogP contribution in [0.25, 0.3) is 0 Å². The van der Waals surface area contributed by atoms with Crippen LogP contribution in [0.5, 0.6) is 0 Å². The molecule has 1 unspecified atom stereocenters. The van der Waals surface area contributed by atoms with E-state index in [0.717, 1.165) is 56.2 Å². The molecule has 3 rings (SSSR count). The van der Waals surface area contributed by atoms with Crippen LogP contribution < -0.4 is 4.90 Å². The second-order valence-electron chi connectivity index (χ2n) is 6.49. The van der Waals surface area contributed by atoms with Crippen LogP contribution in [0.3, 0.4) is 0 Å². The van der Waals surface area contributed by atoms with Crippen molar-refractivity contribution in [3.05, 3.63) is 24.3 Å². The molecule has 132 valence electrons. The van der Waals surface area contributed by atoms with Gasteiger partial charge in [-0.25, -0.2) is 8.42 Å². The number of nitrogens with zero attached hydrogens (tertiary/aromatic N) is 2. The number of amides is 1. The first-order valence-electron chi connectivity index (χ1n) is 8.37. The van der Waals surface area contributed by atoms with Gasteiger partial charge in [-0.05, 0) is 37.1 Å². The third-order valence-electron chi connectivity index (χ3n) is 4.72. The van der Waals surface area contributed by atoms with Crippen LogP contribution in [0.15, 0.2) is 29.2 Å². The van der Waals surface area contributed by atoms with Gasteiger partial charge < -0.3 is 9.80 Å². The maximum Gasteiger partial charge on any atom is 0.227 e. The fourth-order valence-corrected chi connectivity index (χ4v) is 4.89. The van der Waals surface area contributed by atoms with Crippen LogP contribution in [-0.4, -0.2) is 63.2 Å². The molecule has 0 radical (unpaired) electrons. The van der Waals surface area contributed by atoms with E-state index >= 15 is 0 Å². The topological polar surface area (TPSA) is 57.7 Å². The highest BCUT2D eigenvalue weighted by Crippen LogP contribution is 2.26. The zero-order valence-corrected chi connectivity index (χ0v) is 15.6. The highest BCUT2D eigenvalue weighted by molar-refractivity contribution is 7.99. The van der Waals surface area contributed by atoms with Crippen LogP contribution >= 0.6 is 11.8 Å². The molecule has 5 nitrogen and oxygen atoms in total. The average Bonchev–Trinajstić information content (AvgIpc) is 2.61. The lowest BCUT2D eigenvalue weighted by Gasteiger charge is -2.37. The van der Waals surface area contributed by atoms with E-state index in [2.05, 4.69) is 4.90 Å². The molecule has 2 fully saturated rings. The minimum Gasteiger partial charge on any atom is -0.371 e. The number of rotatable bonds is 3. The summed E-state index contributed by atoms with van der Waals surface area (Å²) in [6, 6.07) is 7.00. The van der Waals surface area contributed by atoms with Gasteiger partial charge >= 0.3 is 0 Å². The molecule has 0 spiro atoms. The first-order chi connectivity index (χ1) is 11.4. The smallest absolute Gasteiger partial charge is 0.227 e. The van der Waals surface area contributed by atoms with E-state index in [9.17, 15) is 13.2 Å². The maximum atomic E-state index is 12.7. The third-order valence-corrected chi connectivity index (χ3v) is 6.79. The Morgan fingerprint density at radius 3 is 2.42 bits per heavy atom. The Morgan fingerprint density at radius 2 is 1.79 bits per heavy atom. The summed E-state index contributed by atoms with van der Waals surface area (Å²) >= 11 is 1.91. The van der Waals surface area contributed by atoms with E-state index < -0.39 is 9.84 Å². The number of anilines is 1. The zero-order chi connectivity index (χ0) is 17.2. The van der Waals surface area contributed by atoms with Crippen molar-refractivity contribution < 1.29 is 13.2 Å². The number of sulfone groups is 1. The minimum absolute atomic E-state index is 0.0523. The van der Waals surface area contributed by atoms with E-state index in [1.807, 2.05) is 28.8 Å². The van der Waals surface area contributed by atoms with Crippen molar-refractivity contribution in [2.75, 3.05) is 48.8 Å². The molecule has 0 aliphatic carbocycles. The van der Waals surface area contributed by atoms with Gasteiger partial charge in [-0.15, -0.1) is 0 Å². The number of piperidine rings is 1. The molecular formula is C17H24N2O3S2. The molecule has 1 amide bonds. The standard InChI is InChI=1S/C17H24N2O3S2/c1-24(21,22)16-6-4-15(5-7-16)19-8-2-3-14(13-19)17(20)18-9-11-23-12-10-18/h4-7,14H,2-3,8-13H2,1H3. The summed E-state index contributed by atoms with van der Waals surface area (Å²) in [5.74, 6) is 2.41. The SMILES string of the molecule is CS(=O)(=O)c1ccc(N2CCCC(C(=O)N3CCSCC3)C2)cc1. The summed E-state index contributed by atoms with van der Waals surface area (Å²) in [6.07, 6.45) is 3.15. The molecule has 1 atom stereocenters. The fourth-order valence-electron chi connectivity index (χ4n) is 3.36. The number of benzene rings is 1. The fraction of sp³-hybridized carbons (Fsp3) is 0.588. The molecule has 1 aromatic rings. The van der Waals surface area contributed by atoms with Crippen LogP contribution in [0.4, 0.5) is 5.69 Å². The Kier molecular flexibility index (Phi) is 5.39. The van der Waals surface area contributed by atoms with Gasteiger partial charge in [0.2, 0.25) is 5.91 Å². The quantitative estimate of drug-likeness (QED) is 0.815. The lowest BCUT2D eigenvalue weighted by atomic mass is 9.96. The molecule has 1 aromatic carbocycles. The van der Waals surface area contributed by atoms with Gasteiger partial charge in [0.1, 0.15) is 0 Å². The monoisotopic (exact) mass is 368 g/mol. The second kappa shape index (κ2) is 7.35. The van der Waals surface area contributed by atoms with E-state index in [1.54, 1.807) is 12.1 Å². The number of thioether (sulfide) groups is 1. The zero-order valence-electron chi connectivity index (χ0n) is 14.0. The lowest BCUT2D eigenvalue weighted by molar-refractivity contribution is -0.135. The summed E-state index contributed by atoms with van der Waals surface area (Å²) in [4.78, 5) is 17.3. The molecule has 7 heteroatoms.